The van der Waals surface area contributed by atoms with E-state index in [-0.39, 0.29) is 29.6 Å². The zero-order valence-corrected chi connectivity index (χ0v) is 13.1. The molecule has 1 atom stereocenters. The molecule has 3 rings (SSSR count). The summed E-state index contributed by atoms with van der Waals surface area (Å²) in [4.78, 5) is 28.8. The molecule has 6 nitrogen and oxygen atoms in total. The Labute approximate surface area is 134 Å². The average molecular weight is 323 g/mol. The van der Waals surface area contributed by atoms with Gasteiger partial charge in [-0.15, -0.1) is 12.4 Å². The van der Waals surface area contributed by atoms with Crippen LogP contribution in [-0.2, 0) is 0 Å². The first kappa shape index (κ1) is 16.5. The van der Waals surface area contributed by atoms with Gasteiger partial charge in [-0.1, -0.05) is 0 Å². The van der Waals surface area contributed by atoms with Crippen molar-refractivity contribution in [2.75, 3.05) is 6.54 Å². The Bertz CT molecular complexity index is 755. The third-order valence-electron chi connectivity index (χ3n) is 3.87. The Hall–Kier alpha value is -1.92. The lowest BCUT2D eigenvalue weighted by Crippen LogP contribution is -2.43. The maximum absolute atomic E-state index is 12.4. The zero-order chi connectivity index (χ0) is 15.0. The summed E-state index contributed by atoms with van der Waals surface area (Å²) < 4.78 is 1.39. The SMILES string of the molecule is Cc1ccn2c(=O)c(C(=O)NC(CN)C3CC3)cnc2c1.Cl. The number of hydrogen-bond donors (Lipinski definition) is 2. The number of aromatic nitrogens is 2. The van der Waals surface area contributed by atoms with E-state index in [4.69, 9.17) is 5.73 Å². The van der Waals surface area contributed by atoms with E-state index >= 15 is 0 Å². The van der Waals surface area contributed by atoms with Crippen LogP contribution < -0.4 is 16.6 Å². The van der Waals surface area contributed by atoms with Crippen molar-refractivity contribution in [3.8, 4) is 0 Å². The standard InChI is InChI=1S/C15H18N4O2.ClH/c1-9-4-5-19-13(6-9)17-8-11(15(19)21)14(20)18-12(7-16)10-2-3-10;/h4-6,8,10,12H,2-3,7,16H2,1H3,(H,18,20);1H. The minimum atomic E-state index is -0.398. The molecule has 1 amide bonds. The topological polar surface area (TPSA) is 89.5 Å². The molecule has 0 spiro atoms. The summed E-state index contributed by atoms with van der Waals surface area (Å²) in [5.74, 6) is 0.0441. The van der Waals surface area contributed by atoms with E-state index in [0.29, 0.717) is 18.1 Å². The number of hydrogen-bond acceptors (Lipinski definition) is 4. The van der Waals surface area contributed by atoms with Crippen molar-refractivity contribution >= 4 is 24.0 Å². The molecule has 22 heavy (non-hydrogen) atoms. The monoisotopic (exact) mass is 322 g/mol. The number of carbonyl (C=O) groups is 1. The first-order chi connectivity index (χ1) is 10.1. The van der Waals surface area contributed by atoms with Gasteiger partial charge in [0.1, 0.15) is 11.2 Å². The number of halogens is 1. The van der Waals surface area contributed by atoms with Crippen molar-refractivity contribution in [1.29, 1.82) is 0 Å². The molecule has 118 valence electrons. The quantitative estimate of drug-likeness (QED) is 0.875. The maximum atomic E-state index is 12.4. The fourth-order valence-corrected chi connectivity index (χ4v) is 2.45. The molecule has 7 heteroatoms. The van der Waals surface area contributed by atoms with Crippen molar-refractivity contribution in [2.24, 2.45) is 11.7 Å². The number of carbonyl (C=O) groups excluding carboxylic acids is 1. The second kappa shape index (κ2) is 6.46. The highest BCUT2D eigenvalue weighted by Gasteiger charge is 2.31. The molecule has 0 saturated heterocycles. The summed E-state index contributed by atoms with van der Waals surface area (Å²) in [5, 5.41) is 2.84. The van der Waals surface area contributed by atoms with Gasteiger partial charge in [-0.25, -0.2) is 4.98 Å². The molecule has 0 aromatic carbocycles. The van der Waals surface area contributed by atoms with Gasteiger partial charge in [-0.3, -0.25) is 14.0 Å². The van der Waals surface area contributed by atoms with E-state index < -0.39 is 5.91 Å². The first-order valence-electron chi connectivity index (χ1n) is 7.09. The highest BCUT2D eigenvalue weighted by Crippen LogP contribution is 2.32. The van der Waals surface area contributed by atoms with E-state index in [1.165, 1.54) is 10.6 Å². The summed E-state index contributed by atoms with van der Waals surface area (Å²) in [7, 11) is 0. The predicted molar refractivity (Wildman–Crippen MR) is 86.5 cm³/mol. The number of pyridine rings is 1. The molecule has 1 fully saturated rings. The fourth-order valence-electron chi connectivity index (χ4n) is 2.45. The van der Waals surface area contributed by atoms with Crippen LogP contribution in [0, 0.1) is 12.8 Å². The normalized spacial score (nSPS) is 15.2. The molecule has 2 aromatic heterocycles. The summed E-state index contributed by atoms with van der Waals surface area (Å²) in [6.45, 7) is 2.31. The molecule has 0 aliphatic heterocycles. The summed E-state index contributed by atoms with van der Waals surface area (Å²) >= 11 is 0. The number of nitrogens with one attached hydrogen (secondary N) is 1. The van der Waals surface area contributed by atoms with Crippen LogP contribution in [0.1, 0.15) is 28.8 Å². The molecule has 3 N–H and O–H groups in total. The van der Waals surface area contributed by atoms with Crippen LogP contribution in [0.2, 0.25) is 0 Å². The predicted octanol–water partition coefficient (Wildman–Crippen LogP) is 0.892. The lowest BCUT2D eigenvalue weighted by molar-refractivity contribution is 0.0931. The van der Waals surface area contributed by atoms with Crippen LogP contribution in [0.15, 0.2) is 29.3 Å². The Morgan fingerprint density at radius 3 is 2.91 bits per heavy atom. The van der Waals surface area contributed by atoms with E-state index in [0.717, 1.165) is 18.4 Å². The molecule has 1 saturated carbocycles. The molecule has 2 aromatic rings. The number of aryl methyl sites for hydroxylation is 1. The van der Waals surface area contributed by atoms with Gasteiger partial charge >= 0.3 is 0 Å². The van der Waals surface area contributed by atoms with Crippen molar-refractivity contribution in [1.82, 2.24) is 14.7 Å². The van der Waals surface area contributed by atoms with Crippen LogP contribution in [-0.4, -0.2) is 27.9 Å². The van der Waals surface area contributed by atoms with Gasteiger partial charge < -0.3 is 11.1 Å². The Balaban J connectivity index is 0.00000176. The van der Waals surface area contributed by atoms with Crippen molar-refractivity contribution < 1.29 is 4.79 Å². The van der Waals surface area contributed by atoms with Crippen LogP contribution in [0.25, 0.3) is 5.65 Å². The highest BCUT2D eigenvalue weighted by molar-refractivity contribution is 5.94. The lowest BCUT2D eigenvalue weighted by atomic mass is 10.1. The van der Waals surface area contributed by atoms with Gasteiger partial charge in [0, 0.05) is 25.0 Å². The molecule has 1 unspecified atom stereocenters. The first-order valence-corrected chi connectivity index (χ1v) is 7.09. The molecule has 1 aliphatic rings. The van der Waals surface area contributed by atoms with Crippen LogP contribution in [0.5, 0.6) is 0 Å². The Morgan fingerprint density at radius 1 is 1.55 bits per heavy atom. The summed E-state index contributed by atoms with van der Waals surface area (Å²) in [5.41, 5.74) is 6.91. The van der Waals surface area contributed by atoms with Crippen molar-refractivity contribution in [3.05, 3.63) is 46.0 Å². The fraction of sp³-hybridized carbons (Fsp3) is 0.400. The van der Waals surface area contributed by atoms with Gasteiger partial charge in [0.25, 0.3) is 11.5 Å². The Morgan fingerprint density at radius 2 is 2.27 bits per heavy atom. The minimum absolute atomic E-state index is 0. The van der Waals surface area contributed by atoms with Crippen LogP contribution in [0.3, 0.4) is 0 Å². The van der Waals surface area contributed by atoms with E-state index in [1.807, 2.05) is 13.0 Å². The number of nitrogens with zero attached hydrogens (tertiary/aromatic N) is 2. The Kier molecular flexibility index (Phi) is 4.83. The van der Waals surface area contributed by atoms with Gasteiger partial charge in [0.2, 0.25) is 0 Å². The number of nitrogens with two attached hydrogens (primary N) is 1. The molecule has 0 bridgehead atoms. The third-order valence-corrected chi connectivity index (χ3v) is 3.87. The minimum Gasteiger partial charge on any atom is -0.348 e. The molecule has 0 radical (unpaired) electrons. The smallest absolute Gasteiger partial charge is 0.270 e. The van der Waals surface area contributed by atoms with Crippen LogP contribution >= 0.6 is 12.4 Å². The molecular weight excluding hydrogens is 304 g/mol. The van der Waals surface area contributed by atoms with Gasteiger partial charge in [0.05, 0.1) is 0 Å². The average Bonchev–Trinajstić information content (AvgIpc) is 3.29. The number of rotatable bonds is 4. The zero-order valence-electron chi connectivity index (χ0n) is 12.3. The molecular formula is C15H19ClN4O2. The van der Waals surface area contributed by atoms with Gasteiger partial charge in [0.15, 0.2) is 0 Å². The van der Waals surface area contributed by atoms with Crippen molar-refractivity contribution in [2.45, 2.75) is 25.8 Å². The third kappa shape index (κ3) is 3.13. The van der Waals surface area contributed by atoms with Gasteiger partial charge in [-0.2, -0.15) is 0 Å². The number of fused-ring (bicyclic) bond motifs is 1. The van der Waals surface area contributed by atoms with E-state index in [1.54, 1.807) is 12.3 Å². The van der Waals surface area contributed by atoms with E-state index in [9.17, 15) is 9.59 Å². The maximum Gasteiger partial charge on any atom is 0.270 e. The summed E-state index contributed by atoms with van der Waals surface area (Å²) in [6, 6.07) is 3.55. The largest absolute Gasteiger partial charge is 0.348 e. The number of amides is 1. The second-order valence-corrected chi connectivity index (χ2v) is 5.56. The van der Waals surface area contributed by atoms with Gasteiger partial charge in [-0.05, 0) is 43.4 Å². The van der Waals surface area contributed by atoms with Crippen molar-refractivity contribution in [3.63, 3.8) is 0 Å². The lowest BCUT2D eigenvalue weighted by Gasteiger charge is -2.15. The highest BCUT2D eigenvalue weighted by atomic mass is 35.5. The van der Waals surface area contributed by atoms with Crippen LogP contribution in [0.4, 0.5) is 0 Å². The van der Waals surface area contributed by atoms with E-state index in [2.05, 4.69) is 10.3 Å². The second-order valence-electron chi connectivity index (χ2n) is 5.56. The summed E-state index contributed by atoms with van der Waals surface area (Å²) in [6.07, 6.45) is 5.14. The molecule has 1 aliphatic carbocycles. The molecule has 2 heterocycles.